The van der Waals surface area contributed by atoms with E-state index in [9.17, 15) is 0 Å². The van der Waals surface area contributed by atoms with Gasteiger partial charge in [0.25, 0.3) is 0 Å². The monoisotopic (exact) mass is 260 g/mol. The van der Waals surface area contributed by atoms with E-state index < -0.39 is 5.75 Å². The van der Waals surface area contributed by atoms with E-state index in [-0.39, 0.29) is 11.5 Å². The molecule has 2 aromatic carbocycles. The van der Waals surface area contributed by atoms with Gasteiger partial charge in [0.1, 0.15) is 5.75 Å². The third kappa shape index (κ3) is 3.31. The fourth-order valence-electron chi connectivity index (χ4n) is 1.82. The number of aromatic hydroxyl groups is 3. The van der Waals surface area contributed by atoms with E-state index in [1.54, 1.807) is 0 Å². The van der Waals surface area contributed by atoms with E-state index >= 15 is 0 Å². The minimum absolute atomic E-state index is 0.310. The third-order valence-electron chi connectivity index (χ3n) is 2.81. The van der Waals surface area contributed by atoms with Crippen molar-refractivity contribution in [3.63, 3.8) is 0 Å². The quantitative estimate of drug-likeness (QED) is 0.637. The van der Waals surface area contributed by atoms with E-state index in [1.807, 2.05) is 12.1 Å². The molecule has 0 saturated carbocycles. The summed E-state index contributed by atoms with van der Waals surface area (Å²) in [5.41, 5.74) is 1.36. The van der Waals surface area contributed by atoms with Crippen molar-refractivity contribution in [2.75, 3.05) is 6.61 Å². The van der Waals surface area contributed by atoms with Gasteiger partial charge in [-0.1, -0.05) is 24.3 Å². The van der Waals surface area contributed by atoms with Gasteiger partial charge in [-0.05, 0) is 36.6 Å². The van der Waals surface area contributed by atoms with E-state index in [0.29, 0.717) is 0 Å². The van der Waals surface area contributed by atoms with Gasteiger partial charge < -0.3 is 20.1 Å². The van der Waals surface area contributed by atoms with Gasteiger partial charge in [0, 0.05) is 0 Å². The SMILES string of the molecule is Oc1cccc(O)c1O.c1ccc2c(c1)CCCO2. The minimum Gasteiger partial charge on any atom is -0.504 e. The molecule has 3 rings (SSSR count). The molecule has 4 nitrogen and oxygen atoms in total. The van der Waals surface area contributed by atoms with Crippen LogP contribution in [0.4, 0.5) is 0 Å². The normalized spacial score (nSPS) is 12.6. The third-order valence-corrected chi connectivity index (χ3v) is 2.81. The molecule has 0 atom stereocenters. The van der Waals surface area contributed by atoms with E-state index in [4.69, 9.17) is 20.1 Å². The molecule has 0 unspecified atom stereocenters. The zero-order valence-corrected chi connectivity index (χ0v) is 10.4. The molecule has 4 heteroatoms. The second-order valence-corrected chi connectivity index (χ2v) is 4.20. The second-order valence-electron chi connectivity index (χ2n) is 4.20. The van der Waals surface area contributed by atoms with Gasteiger partial charge >= 0.3 is 0 Å². The van der Waals surface area contributed by atoms with Crippen molar-refractivity contribution in [2.45, 2.75) is 12.8 Å². The number of para-hydroxylation sites is 2. The van der Waals surface area contributed by atoms with Crippen LogP contribution in [0.25, 0.3) is 0 Å². The van der Waals surface area contributed by atoms with Crippen LogP contribution in [0, 0.1) is 0 Å². The topological polar surface area (TPSA) is 69.9 Å². The largest absolute Gasteiger partial charge is 0.504 e. The van der Waals surface area contributed by atoms with Crippen molar-refractivity contribution in [3.8, 4) is 23.0 Å². The molecule has 1 aliphatic rings. The van der Waals surface area contributed by atoms with Crippen LogP contribution in [0.1, 0.15) is 12.0 Å². The molecule has 1 aliphatic heterocycles. The first-order chi connectivity index (χ1) is 9.18. The zero-order chi connectivity index (χ0) is 13.7. The molecular weight excluding hydrogens is 244 g/mol. The maximum Gasteiger partial charge on any atom is 0.200 e. The predicted octanol–water partition coefficient (Wildman–Crippen LogP) is 2.82. The summed E-state index contributed by atoms with van der Waals surface area (Å²) in [5, 5.41) is 26.1. The highest BCUT2D eigenvalue weighted by Gasteiger charge is 2.07. The number of phenols is 3. The van der Waals surface area contributed by atoms with E-state index in [0.717, 1.165) is 18.8 Å². The molecule has 0 amide bonds. The molecule has 0 aliphatic carbocycles. The van der Waals surface area contributed by atoms with Gasteiger partial charge in [-0.25, -0.2) is 0 Å². The van der Waals surface area contributed by atoms with Crippen molar-refractivity contribution in [1.82, 2.24) is 0 Å². The maximum atomic E-state index is 8.71. The van der Waals surface area contributed by atoms with Crippen LogP contribution in [0.2, 0.25) is 0 Å². The van der Waals surface area contributed by atoms with Crippen molar-refractivity contribution in [3.05, 3.63) is 48.0 Å². The summed E-state index contributed by atoms with van der Waals surface area (Å²) in [6, 6.07) is 12.3. The average molecular weight is 260 g/mol. The molecule has 1 heterocycles. The van der Waals surface area contributed by atoms with Gasteiger partial charge in [0.15, 0.2) is 17.2 Å². The number of phenolic OH excluding ortho intramolecular Hbond substituents is 3. The van der Waals surface area contributed by atoms with E-state index in [2.05, 4.69) is 12.1 Å². The van der Waals surface area contributed by atoms with Gasteiger partial charge in [-0.3, -0.25) is 0 Å². The van der Waals surface area contributed by atoms with Crippen LogP contribution in [0.15, 0.2) is 42.5 Å². The molecule has 0 radical (unpaired) electrons. The highest BCUT2D eigenvalue weighted by molar-refractivity contribution is 5.47. The van der Waals surface area contributed by atoms with Crippen LogP contribution < -0.4 is 4.74 Å². The van der Waals surface area contributed by atoms with Crippen LogP contribution in [0.5, 0.6) is 23.0 Å². The number of aryl methyl sites for hydroxylation is 1. The fourth-order valence-corrected chi connectivity index (χ4v) is 1.82. The van der Waals surface area contributed by atoms with Crippen LogP contribution >= 0.6 is 0 Å². The fraction of sp³-hybridized carbons (Fsp3) is 0.200. The summed E-state index contributed by atoms with van der Waals surface area (Å²) in [6.07, 6.45) is 2.34. The first-order valence-electron chi connectivity index (χ1n) is 6.09. The summed E-state index contributed by atoms with van der Waals surface area (Å²) >= 11 is 0. The highest BCUT2D eigenvalue weighted by Crippen LogP contribution is 2.32. The van der Waals surface area contributed by atoms with Crippen LogP contribution in [-0.4, -0.2) is 21.9 Å². The number of ether oxygens (including phenoxy) is 1. The van der Waals surface area contributed by atoms with Crippen LogP contribution in [-0.2, 0) is 6.42 Å². The number of rotatable bonds is 0. The van der Waals surface area contributed by atoms with Gasteiger partial charge in [0.2, 0.25) is 0 Å². The van der Waals surface area contributed by atoms with Gasteiger partial charge in [0.05, 0.1) is 6.61 Å². The Bertz CT molecular complexity index is 506. The van der Waals surface area contributed by atoms with Crippen molar-refractivity contribution in [2.24, 2.45) is 0 Å². The Morgan fingerprint density at radius 2 is 1.53 bits per heavy atom. The zero-order valence-electron chi connectivity index (χ0n) is 10.4. The smallest absolute Gasteiger partial charge is 0.200 e. The Morgan fingerprint density at radius 3 is 2.16 bits per heavy atom. The Morgan fingerprint density at radius 1 is 0.842 bits per heavy atom. The summed E-state index contributed by atoms with van der Waals surface area (Å²) in [6.45, 7) is 0.886. The molecule has 3 N–H and O–H groups in total. The lowest BCUT2D eigenvalue weighted by Gasteiger charge is -2.15. The second kappa shape index (κ2) is 6.00. The molecule has 0 saturated heterocycles. The Kier molecular flexibility index (Phi) is 4.13. The summed E-state index contributed by atoms with van der Waals surface area (Å²) in [7, 11) is 0. The van der Waals surface area contributed by atoms with Gasteiger partial charge in [-0.15, -0.1) is 0 Å². The summed E-state index contributed by atoms with van der Waals surface area (Å²) < 4.78 is 5.42. The standard InChI is InChI=1S/C9H10O.C6H6O3/c1-2-6-9-8(4-1)5-3-7-10-9;7-4-2-1-3-5(8)6(4)9/h1-2,4,6H,3,5,7H2;1-3,7-9H. The first kappa shape index (κ1) is 13.1. The maximum absolute atomic E-state index is 8.71. The number of hydrogen-bond donors (Lipinski definition) is 3. The van der Waals surface area contributed by atoms with Gasteiger partial charge in [-0.2, -0.15) is 0 Å². The predicted molar refractivity (Wildman–Crippen MR) is 71.7 cm³/mol. The van der Waals surface area contributed by atoms with Crippen molar-refractivity contribution in [1.29, 1.82) is 0 Å². The lowest BCUT2D eigenvalue weighted by molar-refractivity contribution is 0.288. The number of benzene rings is 2. The first-order valence-corrected chi connectivity index (χ1v) is 6.09. The van der Waals surface area contributed by atoms with Crippen molar-refractivity contribution < 1.29 is 20.1 Å². The molecule has 0 spiro atoms. The molecule has 19 heavy (non-hydrogen) atoms. The lowest BCUT2D eigenvalue weighted by Crippen LogP contribution is -2.07. The minimum atomic E-state index is -0.475. The molecular formula is C15H16O4. The van der Waals surface area contributed by atoms with Crippen molar-refractivity contribution >= 4 is 0 Å². The Hall–Kier alpha value is -2.36. The highest BCUT2D eigenvalue weighted by atomic mass is 16.5. The van der Waals surface area contributed by atoms with E-state index in [1.165, 1.54) is 30.2 Å². The lowest BCUT2D eigenvalue weighted by atomic mass is 10.1. The molecule has 100 valence electrons. The Labute approximate surface area is 111 Å². The molecule has 0 aromatic heterocycles. The number of fused-ring (bicyclic) bond motifs is 1. The molecule has 2 aromatic rings. The summed E-state index contributed by atoms with van der Waals surface area (Å²) in [4.78, 5) is 0. The molecule has 0 bridgehead atoms. The molecule has 0 fully saturated rings. The number of hydrogen-bond acceptors (Lipinski definition) is 4. The summed E-state index contributed by atoms with van der Waals surface area (Å²) in [5.74, 6) is -0.0174. The average Bonchev–Trinajstić information content (AvgIpc) is 2.45. The van der Waals surface area contributed by atoms with Crippen LogP contribution in [0.3, 0.4) is 0 Å². The Balaban J connectivity index is 0.000000141.